The Morgan fingerprint density at radius 3 is 2.46 bits per heavy atom. The van der Waals surface area contributed by atoms with Crippen LogP contribution in [0.15, 0.2) is 42.6 Å². The summed E-state index contributed by atoms with van der Waals surface area (Å²) in [4.78, 5) is 20.7. The number of nitrogens with one attached hydrogen (secondary N) is 2. The molecule has 1 saturated heterocycles. The number of carbonyl (C=O) groups excluding carboxylic acids is 1. The largest absolute Gasteiger partial charge is 0.416 e. The van der Waals surface area contributed by atoms with Crippen molar-refractivity contribution in [3.8, 4) is 11.3 Å². The summed E-state index contributed by atoms with van der Waals surface area (Å²) >= 11 is 0. The Hall–Kier alpha value is -3.64. The van der Waals surface area contributed by atoms with Crippen LogP contribution in [0.25, 0.3) is 11.3 Å². The van der Waals surface area contributed by atoms with Gasteiger partial charge < -0.3 is 16.0 Å². The molecule has 3 aromatic rings. The first-order valence-electron chi connectivity index (χ1n) is 11.0. The number of anilines is 3. The van der Waals surface area contributed by atoms with Gasteiger partial charge >= 0.3 is 12.2 Å². The number of carbonyl (C=O) groups is 1. The summed E-state index contributed by atoms with van der Waals surface area (Å²) in [5, 5.41) is 9.25. The molecule has 1 aliphatic heterocycles. The van der Waals surface area contributed by atoms with E-state index in [1.807, 2.05) is 11.9 Å². The zero-order valence-corrected chi connectivity index (χ0v) is 19.4. The highest BCUT2D eigenvalue weighted by Gasteiger charge is 2.34. The van der Waals surface area contributed by atoms with E-state index >= 15 is 0 Å². The lowest BCUT2D eigenvalue weighted by Crippen LogP contribution is -2.44. The third-order valence-electron chi connectivity index (χ3n) is 5.87. The molecule has 186 valence electrons. The Morgan fingerprint density at radius 1 is 1.06 bits per heavy atom. The number of nitrogens with two attached hydrogens (primary N) is 1. The first kappa shape index (κ1) is 24.5. The smallest absolute Gasteiger partial charge is 0.384 e. The van der Waals surface area contributed by atoms with Crippen LogP contribution in [0.2, 0.25) is 0 Å². The number of aryl methyl sites for hydroxylation is 1. The molecular weight excluding hydrogens is 461 g/mol. The molecule has 0 unspecified atom stereocenters. The average Bonchev–Trinajstić information content (AvgIpc) is 3.15. The van der Waals surface area contributed by atoms with E-state index in [1.165, 1.54) is 12.1 Å². The maximum Gasteiger partial charge on any atom is 0.416 e. The second kappa shape index (κ2) is 9.92. The molecule has 0 atom stereocenters. The second-order valence-corrected chi connectivity index (χ2v) is 8.54. The molecule has 9 nitrogen and oxygen atoms in total. The molecule has 0 radical (unpaired) electrons. The highest BCUT2D eigenvalue weighted by Crippen LogP contribution is 2.34. The highest BCUT2D eigenvalue weighted by molar-refractivity contribution is 5.99. The molecule has 2 aromatic heterocycles. The van der Waals surface area contributed by atoms with Gasteiger partial charge in [-0.15, -0.1) is 0 Å². The first-order valence-corrected chi connectivity index (χ1v) is 11.0. The molecule has 3 heterocycles. The number of alkyl halides is 3. The van der Waals surface area contributed by atoms with E-state index in [-0.39, 0.29) is 23.6 Å². The number of rotatable bonds is 5. The fraction of sp³-hybridized carbons (Fsp3) is 0.348. The zero-order valence-electron chi connectivity index (χ0n) is 19.4. The minimum absolute atomic E-state index is 0.0378. The lowest BCUT2D eigenvalue weighted by Gasteiger charge is -2.33. The lowest BCUT2D eigenvalue weighted by molar-refractivity contribution is -0.138. The number of hydrogen-bond donors (Lipinski definition) is 3. The number of likely N-dealkylation sites (N-methyl/N-ethyl adjacent to an activating group) is 1. The summed E-state index contributed by atoms with van der Waals surface area (Å²) in [6.45, 7) is 3.23. The molecular formula is C23H27F3N8O. The van der Waals surface area contributed by atoms with Gasteiger partial charge in [-0.25, -0.2) is 9.78 Å². The molecule has 1 aromatic carbocycles. The Bertz CT molecular complexity index is 1180. The maximum atomic E-state index is 13.8. The van der Waals surface area contributed by atoms with Crippen LogP contribution in [0.5, 0.6) is 0 Å². The predicted molar refractivity (Wildman–Crippen MR) is 128 cm³/mol. The van der Waals surface area contributed by atoms with Gasteiger partial charge in [-0.1, -0.05) is 6.07 Å². The van der Waals surface area contributed by atoms with E-state index in [0.717, 1.165) is 24.7 Å². The molecule has 0 saturated carbocycles. The van der Waals surface area contributed by atoms with Gasteiger partial charge in [-0.3, -0.25) is 14.9 Å². The first-order chi connectivity index (χ1) is 16.6. The molecule has 1 aliphatic rings. The second-order valence-electron chi connectivity index (χ2n) is 8.54. The average molecular weight is 489 g/mol. The van der Waals surface area contributed by atoms with Crippen molar-refractivity contribution >= 4 is 23.4 Å². The van der Waals surface area contributed by atoms with E-state index in [1.54, 1.807) is 36.1 Å². The van der Waals surface area contributed by atoms with Gasteiger partial charge in [0, 0.05) is 63.3 Å². The molecule has 35 heavy (non-hydrogen) atoms. The van der Waals surface area contributed by atoms with E-state index < -0.39 is 17.8 Å². The predicted octanol–water partition coefficient (Wildman–Crippen LogP) is 3.47. The standard InChI is InChI=1S/C23H27F3N8O/c1-32-7-9-34(10-8-32)14-16-3-5-17(11-18(16)23(24,25)26)29-22(35)30-21-12-19(33(2)31-21)15-4-6-20(27)28-13-15/h3-6,11-13H,7-10,14H2,1-2H3,(H2,27,28)(H2,29,30,31,35). The molecule has 0 aliphatic carbocycles. The summed E-state index contributed by atoms with van der Waals surface area (Å²) in [5.74, 6) is 0.612. The number of nitrogen functional groups attached to an aromatic ring is 1. The monoisotopic (exact) mass is 488 g/mol. The maximum absolute atomic E-state index is 13.8. The van der Waals surface area contributed by atoms with Gasteiger partial charge in [-0.2, -0.15) is 18.3 Å². The Morgan fingerprint density at radius 2 is 1.80 bits per heavy atom. The van der Waals surface area contributed by atoms with E-state index in [0.29, 0.717) is 24.6 Å². The number of pyridine rings is 1. The Kier molecular flexibility index (Phi) is 6.94. The number of hydrogen-bond acceptors (Lipinski definition) is 6. The van der Waals surface area contributed by atoms with Crippen molar-refractivity contribution in [2.45, 2.75) is 12.7 Å². The third kappa shape index (κ3) is 6.08. The van der Waals surface area contributed by atoms with Crippen LogP contribution in [0.1, 0.15) is 11.1 Å². The Labute approximate surface area is 200 Å². The van der Waals surface area contributed by atoms with Gasteiger partial charge in [0.15, 0.2) is 5.82 Å². The quantitative estimate of drug-likeness (QED) is 0.508. The molecule has 0 bridgehead atoms. The van der Waals surface area contributed by atoms with Gasteiger partial charge in [0.1, 0.15) is 5.82 Å². The van der Waals surface area contributed by atoms with Crippen molar-refractivity contribution in [2.24, 2.45) is 7.05 Å². The van der Waals surface area contributed by atoms with Gasteiger partial charge in [0.05, 0.1) is 11.3 Å². The summed E-state index contributed by atoms with van der Waals surface area (Å²) in [6.07, 6.45) is -2.96. The molecule has 0 spiro atoms. The number of piperazine rings is 1. The lowest BCUT2D eigenvalue weighted by atomic mass is 10.0. The molecule has 4 rings (SSSR count). The number of urea groups is 1. The van der Waals surface area contributed by atoms with E-state index in [2.05, 4.69) is 25.6 Å². The molecule has 12 heteroatoms. The SMILES string of the molecule is CN1CCN(Cc2ccc(NC(=O)Nc3cc(-c4ccc(N)nc4)n(C)n3)cc2C(F)(F)F)CC1. The normalized spacial score (nSPS) is 15.2. The van der Waals surface area contributed by atoms with Crippen LogP contribution in [0.3, 0.4) is 0 Å². The number of halogens is 3. The topological polar surface area (TPSA) is 104 Å². The van der Waals surface area contributed by atoms with Gasteiger partial charge in [-0.05, 0) is 36.9 Å². The van der Waals surface area contributed by atoms with E-state index in [9.17, 15) is 18.0 Å². The van der Waals surface area contributed by atoms with Crippen molar-refractivity contribution in [1.82, 2.24) is 24.6 Å². The fourth-order valence-corrected chi connectivity index (χ4v) is 3.94. The number of nitrogens with zero attached hydrogens (tertiary/aromatic N) is 5. The summed E-state index contributed by atoms with van der Waals surface area (Å²) in [5.41, 5.74) is 6.50. The van der Waals surface area contributed by atoms with Crippen molar-refractivity contribution < 1.29 is 18.0 Å². The van der Waals surface area contributed by atoms with Crippen LogP contribution in [0.4, 0.5) is 35.3 Å². The Balaban J connectivity index is 1.45. The van der Waals surface area contributed by atoms with E-state index in [4.69, 9.17) is 5.73 Å². The summed E-state index contributed by atoms with van der Waals surface area (Å²) in [7, 11) is 3.69. The van der Waals surface area contributed by atoms with Crippen LogP contribution in [-0.4, -0.2) is 63.8 Å². The van der Waals surface area contributed by atoms with Crippen molar-refractivity contribution in [1.29, 1.82) is 0 Å². The van der Waals surface area contributed by atoms with Crippen LogP contribution in [-0.2, 0) is 19.8 Å². The molecule has 2 amide bonds. The molecule has 1 fully saturated rings. The fourth-order valence-electron chi connectivity index (χ4n) is 3.94. The number of benzene rings is 1. The number of aromatic nitrogens is 3. The minimum Gasteiger partial charge on any atom is -0.384 e. The molecule has 4 N–H and O–H groups in total. The van der Waals surface area contributed by atoms with Crippen LogP contribution < -0.4 is 16.4 Å². The zero-order chi connectivity index (χ0) is 25.2. The van der Waals surface area contributed by atoms with Gasteiger partial charge in [0.2, 0.25) is 0 Å². The van der Waals surface area contributed by atoms with Crippen LogP contribution >= 0.6 is 0 Å². The van der Waals surface area contributed by atoms with Crippen molar-refractivity contribution in [3.63, 3.8) is 0 Å². The summed E-state index contributed by atoms with van der Waals surface area (Å²) in [6, 6.07) is 8.21. The van der Waals surface area contributed by atoms with Crippen molar-refractivity contribution in [2.75, 3.05) is 49.6 Å². The third-order valence-corrected chi connectivity index (χ3v) is 5.87. The number of amides is 2. The summed E-state index contributed by atoms with van der Waals surface area (Å²) < 4.78 is 42.9. The highest BCUT2D eigenvalue weighted by atomic mass is 19.4. The van der Waals surface area contributed by atoms with Crippen molar-refractivity contribution in [3.05, 3.63) is 53.7 Å². The van der Waals surface area contributed by atoms with Crippen LogP contribution in [0, 0.1) is 0 Å². The minimum atomic E-state index is -4.54. The van der Waals surface area contributed by atoms with Gasteiger partial charge in [0.25, 0.3) is 0 Å².